The Morgan fingerprint density at radius 3 is 2.50 bits per heavy atom. The normalized spacial score (nSPS) is 13.6. The minimum atomic E-state index is -3.42. The molecule has 0 amide bonds. The number of benzene rings is 1. The monoisotopic (exact) mass is 271 g/mol. The third kappa shape index (κ3) is 3.14. The predicted octanol–water partition coefficient (Wildman–Crippen LogP) is 1.73. The van der Waals surface area contributed by atoms with Gasteiger partial charge in [0.1, 0.15) is 0 Å². The Kier molecular flexibility index (Phi) is 4.59. The van der Waals surface area contributed by atoms with Crippen LogP contribution in [-0.2, 0) is 10.0 Å². The van der Waals surface area contributed by atoms with Crippen molar-refractivity contribution in [2.45, 2.75) is 31.2 Å². The van der Waals surface area contributed by atoms with Gasteiger partial charge < -0.3 is 11.1 Å². The highest BCUT2D eigenvalue weighted by molar-refractivity contribution is 7.89. The molecule has 3 N–H and O–H groups in total. The number of sulfonamides is 1. The highest BCUT2D eigenvalue weighted by Gasteiger charge is 2.18. The van der Waals surface area contributed by atoms with Gasteiger partial charge in [-0.05, 0) is 31.5 Å². The third-order valence-electron chi connectivity index (χ3n) is 2.82. The first-order valence-electron chi connectivity index (χ1n) is 5.87. The molecule has 1 atom stereocenters. The Hall–Kier alpha value is -1.27. The lowest BCUT2D eigenvalue weighted by Gasteiger charge is -2.17. The fourth-order valence-electron chi connectivity index (χ4n) is 1.40. The van der Waals surface area contributed by atoms with Gasteiger partial charge in [-0.15, -0.1) is 0 Å². The molecule has 1 aromatic rings. The molecular weight excluding hydrogens is 250 g/mol. The topological polar surface area (TPSA) is 75.4 Å². The van der Waals surface area contributed by atoms with Gasteiger partial charge in [-0.25, -0.2) is 12.7 Å². The quantitative estimate of drug-likeness (QED) is 0.800. The molecule has 5 nitrogen and oxygen atoms in total. The maximum absolute atomic E-state index is 12.0. The smallest absolute Gasteiger partial charge is 0.242 e. The van der Waals surface area contributed by atoms with Gasteiger partial charge in [0.25, 0.3) is 0 Å². The van der Waals surface area contributed by atoms with E-state index in [0.29, 0.717) is 11.4 Å². The number of nitrogens with two attached hydrogens (primary N) is 1. The Morgan fingerprint density at radius 1 is 1.39 bits per heavy atom. The van der Waals surface area contributed by atoms with E-state index in [1.165, 1.54) is 24.5 Å². The van der Waals surface area contributed by atoms with Crippen LogP contribution in [0.4, 0.5) is 11.4 Å². The zero-order valence-corrected chi connectivity index (χ0v) is 12.1. The van der Waals surface area contributed by atoms with Crippen molar-refractivity contribution in [2.24, 2.45) is 0 Å². The number of hydrogen-bond acceptors (Lipinski definition) is 4. The van der Waals surface area contributed by atoms with Crippen molar-refractivity contribution >= 4 is 21.4 Å². The van der Waals surface area contributed by atoms with Gasteiger partial charge in [0.05, 0.1) is 16.3 Å². The molecule has 0 aliphatic carbocycles. The van der Waals surface area contributed by atoms with E-state index >= 15 is 0 Å². The minimum absolute atomic E-state index is 0.240. The Morgan fingerprint density at radius 2 is 2.00 bits per heavy atom. The Bertz CT molecular complexity index is 512. The standard InChI is InChI=1S/C12H21N3O2S/c1-5-9(2)14-12-8-10(6-7-11(12)13)18(16,17)15(3)4/h6-9,14H,5,13H2,1-4H3. The summed E-state index contributed by atoms with van der Waals surface area (Å²) in [6.45, 7) is 4.07. The van der Waals surface area contributed by atoms with Crippen molar-refractivity contribution in [2.75, 3.05) is 25.1 Å². The van der Waals surface area contributed by atoms with Crippen LogP contribution < -0.4 is 11.1 Å². The molecule has 0 radical (unpaired) electrons. The van der Waals surface area contributed by atoms with Crippen molar-refractivity contribution in [3.63, 3.8) is 0 Å². The summed E-state index contributed by atoms with van der Waals surface area (Å²) in [5.41, 5.74) is 7.05. The molecule has 0 aromatic heterocycles. The van der Waals surface area contributed by atoms with E-state index in [-0.39, 0.29) is 10.9 Å². The molecule has 18 heavy (non-hydrogen) atoms. The summed E-state index contributed by atoms with van der Waals surface area (Å²) in [4.78, 5) is 0.243. The van der Waals surface area contributed by atoms with Crippen LogP contribution in [0.1, 0.15) is 20.3 Å². The van der Waals surface area contributed by atoms with Gasteiger partial charge in [0.2, 0.25) is 10.0 Å². The molecule has 6 heteroatoms. The molecule has 0 saturated carbocycles. The summed E-state index contributed by atoms with van der Waals surface area (Å²) < 4.78 is 25.2. The van der Waals surface area contributed by atoms with Gasteiger partial charge in [-0.2, -0.15) is 0 Å². The summed E-state index contributed by atoms with van der Waals surface area (Å²) >= 11 is 0. The van der Waals surface area contributed by atoms with Crippen LogP contribution in [0.3, 0.4) is 0 Å². The molecule has 0 heterocycles. The number of nitrogen functional groups attached to an aromatic ring is 1. The molecule has 0 bridgehead atoms. The highest BCUT2D eigenvalue weighted by Crippen LogP contribution is 2.25. The fraction of sp³-hybridized carbons (Fsp3) is 0.500. The first-order chi connectivity index (χ1) is 8.28. The van der Waals surface area contributed by atoms with Gasteiger partial charge in [-0.1, -0.05) is 6.92 Å². The van der Waals surface area contributed by atoms with E-state index in [0.717, 1.165) is 6.42 Å². The largest absolute Gasteiger partial charge is 0.397 e. The molecule has 0 saturated heterocycles. The van der Waals surface area contributed by atoms with Crippen molar-refractivity contribution in [3.8, 4) is 0 Å². The van der Waals surface area contributed by atoms with Crippen LogP contribution in [0.15, 0.2) is 23.1 Å². The summed E-state index contributed by atoms with van der Waals surface area (Å²) in [6.07, 6.45) is 0.935. The number of rotatable bonds is 5. The second kappa shape index (κ2) is 5.58. The average molecular weight is 271 g/mol. The van der Waals surface area contributed by atoms with E-state index in [9.17, 15) is 8.42 Å². The van der Waals surface area contributed by atoms with Crippen molar-refractivity contribution < 1.29 is 8.42 Å². The van der Waals surface area contributed by atoms with E-state index in [2.05, 4.69) is 5.32 Å². The van der Waals surface area contributed by atoms with Crippen molar-refractivity contribution in [3.05, 3.63) is 18.2 Å². The lowest BCUT2D eigenvalue weighted by atomic mass is 10.2. The van der Waals surface area contributed by atoms with Crippen LogP contribution in [0.2, 0.25) is 0 Å². The van der Waals surface area contributed by atoms with Crippen LogP contribution >= 0.6 is 0 Å². The number of hydrogen-bond donors (Lipinski definition) is 2. The summed E-state index contributed by atoms with van der Waals surface area (Å²) in [7, 11) is -0.406. The minimum Gasteiger partial charge on any atom is -0.397 e. The fourth-order valence-corrected chi connectivity index (χ4v) is 2.33. The van der Waals surface area contributed by atoms with Crippen LogP contribution in [0.5, 0.6) is 0 Å². The molecule has 0 fully saturated rings. The van der Waals surface area contributed by atoms with Crippen LogP contribution in [0.25, 0.3) is 0 Å². The van der Waals surface area contributed by atoms with Crippen molar-refractivity contribution in [1.82, 2.24) is 4.31 Å². The van der Waals surface area contributed by atoms with Crippen LogP contribution in [0, 0.1) is 0 Å². The molecule has 1 unspecified atom stereocenters. The number of nitrogens with zero attached hydrogens (tertiary/aromatic N) is 1. The molecule has 1 rings (SSSR count). The number of anilines is 2. The lowest BCUT2D eigenvalue weighted by molar-refractivity contribution is 0.521. The van der Waals surface area contributed by atoms with Crippen LogP contribution in [-0.4, -0.2) is 32.9 Å². The molecule has 102 valence electrons. The second-order valence-corrected chi connectivity index (χ2v) is 6.64. The molecular formula is C12H21N3O2S. The first-order valence-corrected chi connectivity index (χ1v) is 7.31. The summed E-state index contributed by atoms with van der Waals surface area (Å²) in [5.74, 6) is 0. The average Bonchev–Trinajstić information content (AvgIpc) is 2.31. The molecule has 0 aliphatic heterocycles. The van der Waals surface area contributed by atoms with E-state index in [1.807, 2.05) is 13.8 Å². The zero-order valence-electron chi connectivity index (χ0n) is 11.3. The predicted molar refractivity (Wildman–Crippen MR) is 75.1 cm³/mol. The summed E-state index contributed by atoms with van der Waals surface area (Å²) in [5, 5.41) is 3.20. The van der Waals surface area contributed by atoms with E-state index < -0.39 is 10.0 Å². The second-order valence-electron chi connectivity index (χ2n) is 4.49. The molecule has 1 aromatic carbocycles. The lowest BCUT2D eigenvalue weighted by Crippen LogP contribution is -2.22. The van der Waals surface area contributed by atoms with E-state index in [1.54, 1.807) is 12.1 Å². The zero-order chi connectivity index (χ0) is 13.9. The highest BCUT2D eigenvalue weighted by atomic mass is 32.2. The van der Waals surface area contributed by atoms with Gasteiger partial charge in [0.15, 0.2) is 0 Å². The summed E-state index contributed by atoms with van der Waals surface area (Å²) in [6, 6.07) is 4.95. The molecule has 0 spiro atoms. The Labute approximate surface area is 109 Å². The van der Waals surface area contributed by atoms with Gasteiger partial charge in [-0.3, -0.25) is 0 Å². The maximum atomic E-state index is 12.0. The number of nitrogens with one attached hydrogen (secondary N) is 1. The molecule has 0 aliphatic rings. The maximum Gasteiger partial charge on any atom is 0.242 e. The third-order valence-corrected chi connectivity index (χ3v) is 4.63. The SMILES string of the molecule is CCC(C)Nc1cc(S(=O)(=O)N(C)C)ccc1N. The van der Waals surface area contributed by atoms with Gasteiger partial charge >= 0.3 is 0 Å². The van der Waals surface area contributed by atoms with E-state index in [4.69, 9.17) is 5.73 Å². The van der Waals surface area contributed by atoms with Gasteiger partial charge in [0, 0.05) is 20.1 Å². The first kappa shape index (κ1) is 14.8. The Balaban J connectivity index is 3.16. The van der Waals surface area contributed by atoms with Crippen molar-refractivity contribution in [1.29, 1.82) is 0 Å².